The summed E-state index contributed by atoms with van der Waals surface area (Å²) in [5.41, 5.74) is 0.901. The van der Waals surface area contributed by atoms with E-state index in [-0.39, 0.29) is 12.3 Å². The molecule has 0 saturated heterocycles. The number of hydrogen-bond donors (Lipinski definition) is 1. The van der Waals surface area contributed by atoms with Crippen LogP contribution in [-0.2, 0) is 11.3 Å². The second kappa shape index (κ2) is 7.98. The average Bonchev–Trinajstić information content (AvgIpc) is 2.43. The van der Waals surface area contributed by atoms with Crippen LogP contribution in [0.25, 0.3) is 0 Å². The van der Waals surface area contributed by atoms with E-state index in [0.717, 1.165) is 12.0 Å². The smallest absolute Gasteiger partial charge is 0.234 e. The Labute approximate surface area is 113 Å². The summed E-state index contributed by atoms with van der Waals surface area (Å²) in [6.45, 7) is 3.01. The summed E-state index contributed by atoms with van der Waals surface area (Å²) in [5.74, 6) is 1.05. The third-order valence-corrected chi connectivity index (χ3v) is 2.42. The van der Waals surface area contributed by atoms with Gasteiger partial charge in [-0.1, -0.05) is 13.0 Å². The highest BCUT2D eigenvalue weighted by molar-refractivity contribution is 5.77. The van der Waals surface area contributed by atoms with Crippen LogP contribution in [-0.4, -0.2) is 19.6 Å². The fourth-order valence-corrected chi connectivity index (χ4v) is 1.49. The summed E-state index contributed by atoms with van der Waals surface area (Å²) in [7, 11) is 1.59. The first-order valence-corrected chi connectivity index (χ1v) is 6.14. The van der Waals surface area contributed by atoms with Gasteiger partial charge in [-0.15, -0.1) is 0 Å². The quantitative estimate of drug-likeness (QED) is 0.816. The van der Waals surface area contributed by atoms with E-state index in [1.54, 1.807) is 19.2 Å². The predicted molar refractivity (Wildman–Crippen MR) is 70.9 cm³/mol. The topological polar surface area (TPSA) is 71.3 Å². The van der Waals surface area contributed by atoms with Crippen molar-refractivity contribution in [1.29, 1.82) is 5.26 Å². The molecule has 0 heterocycles. The second-order valence-electron chi connectivity index (χ2n) is 3.95. The van der Waals surface area contributed by atoms with Crippen molar-refractivity contribution in [2.24, 2.45) is 0 Å². The molecule has 0 fully saturated rings. The Bertz CT molecular complexity index is 466. The van der Waals surface area contributed by atoms with Gasteiger partial charge < -0.3 is 14.8 Å². The van der Waals surface area contributed by atoms with Crippen LogP contribution >= 0.6 is 0 Å². The van der Waals surface area contributed by atoms with Crippen LogP contribution in [0.4, 0.5) is 0 Å². The Morgan fingerprint density at radius 1 is 1.42 bits per heavy atom. The number of methoxy groups -OCH3 is 1. The standard InChI is InChI=1S/C14H18N2O3/c1-3-8-19-13-9-11(4-5-12(13)18-2)10-16-14(17)6-7-15/h4-5,9H,3,6,8,10H2,1-2H3,(H,16,17). The van der Waals surface area contributed by atoms with Gasteiger partial charge in [-0.05, 0) is 24.1 Å². The number of nitrogens with one attached hydrogen (secondary N) is 1. The number of carbonyl (C=O) groups excluding carboxylic acids is 1. The van der Waals surface area contributed by atoms with E-state index in [1.165, 1.54) is 0 Å². The van der Waals surface area contributed by atoms with Crippen LogP contribution in [0.15, 0.2) is 18.2 Å². The lowest BCUT2D eigenvalue weighted by molar-refractivity contribution is -0.120. The van der Waals surface area contributed by atoms with Crippen molar-refractivity contribution in [3.05, 3.63) is 23.8 Å². The van der Waals surface area contributed by atoms with Crippen molar-refractivity contribution >= 4 is 5.91 Å². The van der Waals surface area contributed by atoms with E-state index in [9.17, 15) is 4.79 Å². The Hall–Kier alpha value is -2.22. The highest BCUT2D eigenvalue weighted by Crippen LogP contribution is 2.28. The molecule has 0 spiro atoms. The molecule has 0 aliphatic carbocycles. The van der Waals surface area contributed by atoms with Gasteiger partial charge in [0.2, 0.25) is 5.91 Å². The number of nitrogens with zero attached hydrogens (tertiary/aromatic N) is 1. The molecule has 102 valence electrons. The number of amides is 1. The molecule has 1 amide bonds. The van der Waals surface area contributed by atoms with Gasteiger partial charge in [-0.2, -0.15) is 5.26 Å². The molecule has 5 nitrogen and oxygen atoms in total. The van der Waals surface area contributed by atoms with E-state index in [1.807, 2.05) is 19.1 Å². The van der Waals surface area contributed by atoms with E-state index in [0.29, 0.717) is 24.7 Å². The Kier molecular flexibility index (Phi) is 6.23. The monoisotopic (exact) mass is 262 g/mol. The van der Waals surface area contributed by atoms with E-state index >= 15 is 0 Å². The maximum absolute atomic E-state index is 11.2. The minimum atomic E-state index is -0.283. The van der Waals surface area contributed by atoms with Crippen LogP contribution in [0.1, 0.15) is 25.3 Å². The minimum Gasteiger partial charge on any atom is -0.493 e. The van der Waals surface area contributed by atoms with Crippen molar-refractivity contribution < 1.29 is 14.3 Å². The van der Waals surface area contributed by atoms with Gasteiger partial charge in [0, 0.05) is 6.54 Å². The van der Waals surface area contributed by atoms with Crippen LogP contribution in [0.5, 0.6) is 11.5 Å². The van der Waals surface area contributed by atoms with Crippen molar-refractivity contribution in [2.45, 2.75) is 26.3 Å². The van der Waals surface area contributed by atoms with Crippen LogP contribution in [0, 0.1) is 11.3 Å². The minimum absolute atomic E-state index is 0.130. The SMILES string of the molecule is CCCOc1cc(CNC(=O)CC#N)ccc1OC. The number of rotatable bonds is 7. The fraction of sp³-hybridized carbons (Fsp3) is 0.429. The first kappa shape index (κ1) is 14.8. The Morgan fingerprint density at radius 3 is 2.84 bits per heavy atom. The molecule has 0 saturated carbocycles. The van der Waals surface area contributed by atoms with Crippen LogP contribution in [0.2, 0.25) is 0 Å². The van der Waals surface area contributed by atoms with Gasteiger partial charge in [0.05, 0.1) is 19.8 Å². The van der Waals surface area contributed by atoms with E-state index < -0.39 is 0 Å². The van der Waals surface area contributed by atoms with Gasteiger partial charge in [-0.25, -0.2) is 0 Å². The molecule has 0 aliphatic rings. The Morgan fingerprint density at radius 2 is 2.21 bits per heavy atom. The molecule has 0 atom stereocenters. The molecule has 1 N–H and O–H groups in total. The maximum Gasteiger partial charge on any atom is 0.234 e. The molecule has 0 bridgehead atoms. The molecule has 1 aromatic rings. The lowest BCUT2D eigenvalue weighted by atomic mass is 10.2. The zero-order valence-corrected chi connectivity index (χ0v) is 11.2. The maximum atomic E-state index is 11.2. The number of ether oxygens (including phenoxy) is 2. The number of carbonyl (C=O) groups is 1. The molecule has 5 heteroatoms. The zero-order chi connectivity index (χ0) is 14.1. The normalized spacial score (nSPS) is 9.53. The molecule has 19 heavy (non-hydrogen) atoms. The molecule has 0 aromatic heterocycles. The van der Waals surface area contributed by atoms with Gasteiger partial charge in [0.25, 0.3) is 0 Å². The number of hydrogen-bond acceptors (Lipinski definition) is 4. The number of benzene rings is 1. The lowest BCUT2D eigenvalue weighted by Gasteiger charge is -2.12. The molecular formula is C14H18N2O3. The van der Waals surface area contributed by atoms with Gasteiger partial charge >= 0.3 is 0 Å². The molecule has 1 rings (SSSR count). The number of nitriles is 1. The Balaban J connectivity index is 2.69. The molecule has 0 unspecified atom stereocenters. The second-order valence-corrected chi connectivity index (χ2v) is 3.95. The summed E-state index contributed by atoms with van der Waals surface area (Å²) in [6.07, 6.45) is 0.779. The summed E-state index contributed by atoms with van der Waals surface area (Å²) < 4.78 is 10.8. The summed E-state index contributed by atoms with van der Waals surface area (Å²) in [6, 6.07) is 7.29. The van der Waals surface area contributed by atoms with E-state index in [4.69, 9.17) is 14.7 Å². The first-order chi connectivity index (χ1) is 9.21. The molecular weight excluding hydrogens is 244 g/mol. The molecule has 0 aliphatic heterocycles. The van der Waals surface area contributed by atoms with Crippen molar-refractivity contribution in [1.82, 2.24) is 5.32 Å². The lowest BCUT2D eigenvalue weighted by Crippen LogP contribution is -2.21. The highest BCUT2D eigenvalue weighted by atomic mass is 16.5. The van der Waals surface area contributed by atoms with Gasteiger partial charge in [-0.3, -0.25) is 4.79 Å². The predicted octanol–water partition coefficient (Wildman–Crippen LogP) is 2.01. The van der Waals surface area contributed by atoms with Crippen LogP contribution in [0.3, 0.4) is 0 Å². The molecule has 1 aromatic carbocycles. The highest BCUT2D eigenvalue weighted by Gasteiger charge is 2.06. The van der Waals surface area contributed by atoms with E-state index in [2.05, 4.69) is 5.32 Å². The van der Waals surface area contributed by atoms with Gasteiger partial charge in [0.1, 0.15) is 6.42 Å². The van der Waals surface area contributed by atoms with Crippen LogP contribution < -0.4 is 14.8 Å². The summed E-state index contributed by atoms with van der Waals surface area (Å²) in [4.78, 5) is 11.2. The summed E-state index contributed by atoms with van der Waals surface area (Å²) >= 11 is 0. The van der Waals surface area contributed by atoms with Crippen molar-refractivity contribution in [2.75, 3.05) is 13.7 Å². The fourth-order valence-electron chi connectivity index (χ4n) is 1.49. The molecule has 0 radical (unpaired) electrons. The third kappa shape index (κ3) is 4.88. The summed E-state index contributed by atoms with van der Waals surface area (Å²) in [5, 5.41) is 11.1. The van der Waals surface area contributed by atoms with Crippen molar-refractivity contribution in [3.63, 3.8) is 0 Å². The van der Waals surface area contributed by atoms with Gasteiger partial charge in [0.15, 0.2) is 11.5 Å². The average molecular weight is 262 g/mol. The largest absolute Gasteiger partial charge is 0.493 e. The zero-order valence-electron chi connectivity index (χ0n) is 11.2. The van der Waals surface area contributed by atoms with Crippen molar-refractivity contribution in [3.8, 4) is 17.6 Å². The third-order valence-electron chi connectivity index (χ3n) is 2.42. The first-order valence-electron chi connectivity index (χ1n) is 6.14.